The highest BCUT2D eigenvalue weighted by Gasteiger charge is 2.04. The molecule has 0 atom stereocenters. The first-order chi connectivity index (χ1) is 6.83. The van der Waals surface area contributed by atoms with E-state index in [2.05, 4.69) is 11.1 Å². The van der Waals surface area contributed by atoms with Crippen molar-refractivity contribution in [2.75, 3.05) is 0 Å². The quantitative estimate of drug-likeness (QED) is 0.679. The monoisotopic (exact) mass is 183 g/mol. The first-order valence-corrected chi connectivity index (χ1v) is 4.32. The summed E-state index contributed by atoms with van der Waals surface area (Å²) in [6.45, 7) is 2.01. The van der Waals surface area contributed by atoms with Gasteiger partial charge in [-0.1, -0.05) is 18.2 Å². The Morgan fingerprint density at radius 1 is 1.36 bits per heavy atom. The van der Waals surface area contributed by atoms with Gasteiger partial charge in [0.2, 0.25) is 5.82 Å². The van der Waals surface area contributed by atoms with Crippen LogP contribution in [-0.2, 0) is 0 Å². The molecule has 2 aromatic rings. The van der Waals surface area contributed by atoms with Gasteiger partial charge < -0.3 is 0 Å². The molecule has 0 bridgehead atoms. The third-order valence-electron chi connectivity index (χ3n) is 2.12. The van der Waals surface area contributed by atoms with Crippen LogP contribution in [0.1, 0.15) is 11.4 Å². The number of para-hydroxylation sites is 1. The summed E-state index contributed by atoms with van der Waals surface area (Å²) in [5, 5.41) is 8.83. The van der Waals surface area contributed by atoms with Crippen LogP contribution < -0.4 is 0 Å². The summed E-state index contributed by atoms with van der Waals surface area (Å²) in [4.78, 5) is 3.95. The Bertz CT molecular complexity index is 491. The van der Waals surface area contributed by atoms with E-state index in [4.69, 9.17) is 5.26 Å². The highest BCUT2D eigenvalue weighted by Crippen LogP contribution is 2.14. The lowest BCUT2D eigenvalue weighted by atomic mass is 10.2. The van der Waals surface area contributed by atoms with Gasteiger partial charge in [-0.2, -0.15) is 5.26 Å². The Hall–Kier alpha value is -2.08. The van der Waals surface area contributed by atoms with E-state index in [1.54, 1.807) is 17.0 Å². The highest BCUT2D eigenvalue weighted by atomic mass is 15.1. The molecular weight excluding hydrogens is 174 g/mol. The number of nitriles is 1. The molecule has 0 unspecified atom stereocenters. The number of aryl methyl sites for hydroxylation is 1. The van der Waals surface area contributed by atoms with E-state index in [0.717, 1.165) is 11.3 Å². The van der Waals surface area contributed by atoms with Gasteiger partial charge in [0.05, 0.1) is 5.69 Å². The van der Waals surface area contributed by atoms with Crippen LogP contribution in [0.25, 0.3) is 5.69 Å². The minimum atomic E-state index is 0.416. The summed E-state index contributed by atoms with van der Waals surface area (Å²) in [5.41, 5.74) is 2.13. The molecule has 0 N–H and O–H groups in total. The summed E-state index contributed by atoms with van der Waals surface area (Å²) in [5.74, 6) is 0.416. The first-order valence-electron chi connectivity index (χ1n) is 4.32. The number of rotatable bonds is 1. The van der Waals surface area contributed by atoms with Crippen LogP contribution in [0.2, 0.25) is 0 Å². The maximum atomic E-state index is 8.83. The molecule has 0 amide bonds. The fourth-order valence-electron chi connectivity index (χ4n) is 1.41. The molecule has 3 nitrogen and oxygen atoms in total. The average molecular weight is 183 g/mol. The fraction of sp³-hybridized carbons (Fsp3) is 0.0909. The van der Waals surface area contributed by atoms with Gasteiger partial charge in [0, 0.05) is 12.4 Å². The number of benzene rings is 1. The van der Waals surface area contributed by atoms with E-state index in [0.29, 0.717) is 5.82 Å². The maximum Gasteiger partial charge on any atom is 0.217 e. The third kappa shape index (κ3) is 1.27. The third-order valence-corrected chi connectivity index (χ3v) is 2.12. The lowest BCUT2D eigenvalue weighted by Crippen LogP contribution is -1.98. The van der Waals surface area contributed by atoms with E-state index in [-0.39, 0.29) is 0 Å². The van der Waals surface area contributed by atoms with E-state index in [9.17, 15) is 0 Å². The average Bonchev–Trinajstić information content (AvgIpc) is 2.66. The second-order valence-corrected chi connectivity index (χ2v) is 3.02. The number of aromatic nitrogens is 2. The lowest BCUT2D eigenvalue weighted by molar-refractivity contribution is 1.01. The standard InChI is InChI=1S/C11H9N3/c1-9-4-2-3-5-10(9)14-7-6-13-11(14)8-12/h2-7H,1H3. The van der Waals surface area contributed by atoms with Gasteiger partial charge in [-0.3, -0.25) is 4.57 Å². The maximum absolute atomic E-state index is 8.83. The summed E-state index contributed by atoms with van der Waals surface area (Å²) >= 11 is 0. The number of hydrogen-bond acceptors (Lipinski definition) is 2. The predicted molar refractivity (Wildman–Crippen MR) is 53.0 cm³/mol. The Morgan fingerprint density at radius 3 is 2.86 bits per heavy atom. The molecule has 14 heavy (non-hydrogen) atoms. The van der Waals surface area contributed by atoms with Crippen LogP contribution in [0.4, 0.5) is 0 Å². The van der Waals surface area contributed by atoms with Gasteiger partial charge in [0.1, 0.15) is 6.07 Å². The van der Waals surface area contributed by atoms with Gasteiger partial charge in [0.15, 0.2) is 0 Å². The Balaban J connectivity index is 2.62. The van der Waals surface area contributed by atoms with Crippen molar-refractivity contribution in [3.05, 3.63) is 48.0 Å². The van der Waals surface area contributed by atoms with Crippen LogP contribution in [0.5, 0.6) is 0 Å². The minimum absolute atomic E-state index is 0.416. The zero-order valence-corrected chi connectivity index (χ0v) is 7.81. The molecule has 0 spiro atoms. The molecule has 0 saturated heterocycles. The van der Waals surface area contributed by atoms with Gasteiger partial charge in [-0.25, -0.2) is 4.98 Å². The molecule has 0 radical (unpaired) electrons. The molecule has 0 aliphatic heterocycles. The summed E-state index contributed by atoms with van der Waals surface area (Å²) in [6, 6.07) is 9.96. The molecule has 1 aromatic carbocycles. The van der Waals surface area contributed by atoms with Gasteiger partial charge in [0.25, 0.3) is 0 Å². The largest absolute Gasteiger partial charge is 0.291 e. The number of imidazole rings is 1. The van der Waals surface area contributed by atoms with Crippen molar-refractivity contribution in [1.29, 1.82) is 5.26 Å². The summed E-state index contributed by atoms with van der Waals surface area (Å²) < 4.78 is 1.79. The van der Waals surface area contributed by atoms with Crippen LogP contribution in [0.3, 0.4) is 0 Å². The minimum Gasteiger partial charge on any atom is -0.291 e. The second-order valence-electron chi connectivity index (χ2n) is 3.02. The highest BCUT2D eigenvalue weighted by molar-refractivity contribution is 5.42. The van der Waals surface area contributed by atoms with Crippen molar-refractivity contribution in [2.45, 2.75) is 6.92 Å². The molecule has 0 saturated carbocycles. The normalized spacial score (nSPS) is 9.71. The van der Waals surface area contributed by atoms with Crippen molar-refractivity contribution < 1.29 is 0 Å². The molecule has 1 heterocycles. The lowest BCUT2D eigenvalue weighted by Gasteiger charge is -2.06. The molecule has 68 valence electrons. The number of nitrogens with zero attached hydrogens (tertiary/aromatic N) is 3. The van der Waals surface area contributed by atoms with Crippen molar-refractivity contribution in [3.63, 3.8) is 0 Å². The van der Waals surface area contributed by atoms with Crippen molar-refractivity contribution in [2.24, 2.45) is 0 Å². The summed E-state index contributed by atoms with van der Waals surface area (Å²) in [6.07, 6.45) is 3.42. The van der Waals surface area contributed by atoms with E-state index >= 15 is 0 Å². The molecule has 1 aromatic heterocycles. The van der Waals surface area contributed by atoms with Crippen molar-refractivity contribution >= 4 is 0 Å². The predicted octanol–water partition coefficient (Wildman–Crippen LogP) is 2.05. The second kappa shape index (κ2) is 3.35. The van der Waals surface area contributed by atoms with Crippen LogP contribution in [0, 0.1) is 18.3 Å². The Morgan fingerprint density at radius 2 is 2.14 bits per heavy atom. The molecule has 3 heteroatoms. The van der Waals surface area contributed by atoms with Crippen LogP contribution in [-0.4, -0.2) is 9.55 Å². The van der Waals surface area contributed by atoms with E-state index in [1.807, 2.05) is 31.2 Å². The van der Waals surface area contributed by atoms with Gasteiger partial charge in [-0.05, 0) is 18.6 Å². The SMILES string of the molecule is Cc1ccccc1-n1ccnc1C#N. The number of hydrogen-bond donors (Lipinski definition) is 0. The molecule has 0 fully saturated rings. The van der Waals surface area contributed by atoms with Crippen LogP contribution in [0.15, 0.2) is 36.7 Å². The van der Waals surface area contributed by atoms with E-state index in [1.165, 1.54) is 0 Å². The molecular formula is C11H9N3. The first kappa shape index (κ1) is 8.52. The fourth-order valence-corrected chi connectivity index (χ4v) is 1.41. The van der Waals surface area contributed by atoms with Gasteiger partial charge >= 0.3 is 0 Å². The summed E-state index contributed by atoms with van der Waals surface area (Å²) in [7, 11) is 0. The van der Waals surface area contributed by atoms with E-state index < -0.39 is 0 Å². The van der Waals surface area contributed by atoms with Gasteiger partial charge in [-0.15, -0.1) is 0 Å². The Kier molecular flexibility index (Phi) is 2.04. The zero-order chi connectivity index (χ0) is 9.97. The molecule has 0 aliphatic carbocycles. The molecule has 2 rings (SSSR count). The van der Waals surface area contributed by atoms with Crippen molar-refractivity contribution in [1.82, 2.24) is 9.55 Å². The zero-order valence-electron chi connectivity index (χ0n) is 7.81. The van der Waals surface area contributed by atoms with Crippen LogP contribution >= 0.6 is 0 Å². The van der Waals surface area contributed by atoms with Crippen molar-refractivity contribution in [3.8, 4) is 11.8 Å². The molecule has 0 aliphatic rings. The smallest absolute Gasteiger partial charge is 0.217 e. The topological polar surface area (TPSA) is 41.6 Å². The Labute approximate surface area is 82.2 Å².